The number of hydrogen-bond donors (Lipinski definition) is 3. The van der Waals surface area contributed by atoms with Gasteiger partial charge in [0.25, 0.3) is 0 Å². The standard InChI is InChI=1S/C27H36N2O4/c30-20-9-8-19-12-24-27(33)14-22(28-25(32)18-4-2-1-3-5-18)23(31)15-26(27,21(19)13-20)10-11-29(24)16-17-6-7-17/h8-9,13,17-18,22,24,30,33H,1-7,10-12,14-16H2,(H,28,32)/t22-,24+,26+,27+/m0/s1. The average Bonchev–Trinajstić information content (AvgIpc) is 3.62. The number of rotatable bonds is 4. The van der Waals surface area contributed by atoms with Gasteiger partial charge in [0.15, 0.2) is 5.78 Å². The largest absolute Gasteiger partial charge is 0.508 e. The summed E-state index contributed by atoms with van der Waals surface area (Å²) in [4.78, 5) is 28.9. The van der Waals surface area contributed by atoms with Crippen molar-refractivity contribution in [2.75, 3.05) is 13.1 Å². The predicted molar refractivity (Wildman–Crippen MR) is 124 cm³/mol. The minimum absolute atomic E-state index is 0.00743. The van der Waals surface area contributed by atoms with Gasteiger partial charge in [0.2, 0.25) is 5.91 Å². The van der Waals surface area contributed by atoms with Crippen LogP contribution in [0.4, 0.5) is 0 Å². The second-order valence-electron chi connectivity index (χ2n) is 11.5. The summed E-state index contributed by atoms with van der Waals surface area (Å²) in [6, 6.07) is 4.78. The third-order valence-corrected chi connectivity index (χ3v) is 9.53. The highest BCUT2D eigenvalue weighted by Gasteiger charge is 2.66. The molecule has 6 nitrogen and oxygen atoms in total. The average molecular weight is 453 g/mol. The maximum Gasteiger partial charge on any atom is 0.223 e. The van der Waals surface area contributed by atoms with E-state index in [0.717, 1.165) is 56.3 Å². The molecule has 4 fully saturated rings. The number of carbonyl (C=O) groups is 2. The molecule has 2 bridgehead atoms. The number of aliphatic hydroxyl groups is 1. The molecule has 6 rings (SSSR count). The fourth-order valence-corrected chi connectivity index (χ4v) is 7.54. The molecule has 3 saturated carbocycles. The summed E-state index contributed by atoms with van der Waals surface area (Å²) >= 11 is 0. The Kier molecular flexibility index (Phi) is 5.11. The predicted octanol–water partition coefficient (Wildman–Crippen LogP) is 2.83. The highest BCUT2D eigenvalue weighted by molar-refractivity contribution is 5.92. The molecule has 1 amide bonds. The van der Waals surface area contributed by atoms with Gasteiger partial charge >= 0.3 is 0 Å². The summed E-state index contributed by atoms with van der Waals surface area (Å²) in [5.74, 6) is 0.904. The van der Waals surface area contributed by atoms with Crippen LogP contribution in [0.25, 0.3) is 0 Å². The topological polar surface area (TPSA) is 89.9 Å². The molecular formula is C27H36N2O4. The van der Waals surface area contributed by atoms with Gasteiger partial charge in [-0.15, -0.1) is 0 Å². The first-order chi connectivity index (χ1) is 15.9. The number of piperidine rings is 1. The minimum atomic E-state index is -1.10. The first kappa shape index (κ1) is 21.6. The third kappa shape index (κ3) is 3.44. The number of Topliss-reactive ketones (excluding diaryl/α,β-unsaturated/α-hetero) is 1. The van der Waals surface area contributed by atoms with Crippen molar-refractivity contribution in [3.05, 3.63) is 29.3 Å². The molecule has 1 saturated heterocycles. The molecule has 1 heterocycles. The SMILES string of the molecule is O=C(N[C@H]1C[C@@]2(O)[C@H]3Cc4ccc(O)cc4[C@@]2(CCN3CC2CC2)CC1=O)C1CCCCC1. The van der Waals surface area contributed by atoms with Crippen molar-refractivity contribution in [1.29, 1.82) is 0 Å². The van der Waals surface area contributed by atoms with Gasteiger partial charge in [0, 0.05) is 36.8 Å². The molecule has 0 spiro atoms. The second kappa shape index (κ2) is 7.81. The molecule has 1 aromatic rings. The number of aromatic hydroxyl groups is 1. The molecule has 0 unspecified atom stereocenters. The van der Waals surface area contributed by atoms with Crippen molar-refractivity contribution in [1.82, 2.24) is 10.2 Å². The minimum Gasteiger partial charge on any atom is -0.508 e. The van der Waals surface area contributed by atoms with E-state index >= 15 is 0 Å². The Morgan fingerprint density at radius 1 is 1.15 bits per heavy atom. The lowest BCUT2D eigenvalue weighted by molar-refractivity contribution is -0.178. The molecule has 6 heteroatoms. The summed E-state index contributed by atoms with van der Waals surface area (Å²) < 4.78 is 0. The zero-order chi connectivity index (χ0) is 22.8. The van der Waals surface area contributed by atoms with Crippen LogP contribution >= 0.6 is 0 Å². The number of carbonyl (C=O) groups excluding carboxylic acids is 2. The van der Waals surface area contributed by atoms with Gasteiger partial charge in [-0.2, -0.15) is 0 Å². The van der Waals surface area contributed by atoms with Crippen LogP contribution in [0.3, 0.4) is 0 Å². The van der Waals surface area contributed by atoms with Crippen LogP contribution in [-0.2, 0) is 21.4 Å². The Morgan fingerprint density at radius 2 is 1.94 bits per heavy atom. The van der Waals surface area contributed by atoms with Crippen molar-refractivity contribution in [2.45, 2.75) is 93.7 Å². The van der Waals surface area contributed by atoms with E-state index in [-0.39, 0.29) is 42.2 Å². The lowest BCUT2D eigenvalue weighted by Crippen LogP contribution is -2.76. The van der Waals surface area contributed by atoms with E-state index in [2.05, 4.69) is 10.2 Å². The fourth-order valence-electron chi connectivity index (χ4n) is 7.54. The van der Waals surface area contributed by atoms with Gasteiger partial charge in [-0.05, 0) is 74.2 Å². The van der Waals surface area contributed by atoms with Gasteiger partial charge in [0.05, 0.1) is 11.6 Å². The number of hydrogen-bond acceptors (Lipinski definition) is 5. The number of benzene rings is 1. The van der Waals surface area contributed by atoms with Crippen molar-refractivity contribution in [3.63, 3.8) is 0 Å². The molecule has 3 N–H and O–H groups in total. The van der Waals surface area contributed by atoms with E-state index in [1.807, 2.05) is 6.07 Å². The Morgan fingerprint density at radius 3 is 2.70 bits per heavy atom. The summed E-state index contributed by atoms with van der Waals surface area (Å²) in [5.41, 5.74) is 0.296. The maximum absolute atomic E-state index is 13.5. The van der Waals surface area contributed by atoms with Crippen LogP contribution in [-0.4, -0.2) is 57.6 Å². The monoisotopic (exact) mass is 452 g/mol. The van der Waals surface area contributed by atoms with Gasteiger partial charge < -0.3 is 15.5 Å². The highest BCUT2D eigenvalue weighted by Crippen LogP contribution is 2.58. The third-order valence-electron chi connectivity index (χ3n) is 9.53. The highest BCUT2D eigenvalue weighted by atomic mass is 16.3. The number of amides is 1. The lowest BCUT2D eigenvalue weighted by Gasteiger charge is -2.64. The molecule has 1 aromatic carbocycles. The Hall–Kier alpha value is -1.92. The molecular weight excluding hydrogens is 416 g/mol. The van der Waals surface area contributed by atoms with Crippen LogP contribution < -0.4 is 5.32 Å². The van der Waals surface area contributed by atoms with E-state index in [4.69, 9.17) is 0 Å². The van der Waals surface area contributed by atoms with Gasteiger partial charge in [0.1, 0.15) is 5.75 Å². The van der Waals surface area contributed by atoms with Gasteiger partial charge in [-0.25, -0.2) is 0 Å². The second-order valence-corrected chi connectivity index (χ2v) is 11.5. The number of ketones is 1. The van der Waals surface area contributed by atoms with Crippen LogP contribution in [0.15, 0.2) is 18.2 Å². The van der Waals surface area contributed by atoms with E-state index in [1.165, 1.54) is 19.3 Å². The molecule has 0 radical (unpaired) electrons. The number of phenols is 1. The summed E-state index contributed by atoms with van der Waals surface area (Å²) in [7, 11) is 0. The zero-order valence-electron chi connectivity index (χ0n) is 19.4. The van der Waals surface area contributed by atoms with Crippen LogP contribution in [0.5, 0.6) is 5.75 Å². The Labute approximate surface area is 195 Å². The molecule has 178 valence electrons. The van der Waals surface area contributed by atoms with Crippen LogP contribution in [0.2, 0.25) is 0 Å². The fraction of sp³-hybridized carbons (Fsp3) is 0.704. The smallest absolute Gasteiger partial charge is 0.223 e. The number of phenolic OH excluding ortho intramolecular Hbond substituents is 1. The first-order valence-electron chi connectivity index (χ1n) is 13.0. The normalized spacial score (nSPS) is 36.7. The summed E-state index contributed by atoms with van der Waals surface area (Å²) in [6.45, 7) is 1.87. The molecule has 0 aromatic heterocycles. The summed E-state index contributed by atoms with van der Waals surface area (Å²) in [5, 5.41) is 25.8. The van der Waals surface area contributed by atoms with Crippen molar-refractivity contribution in [2.24, 2.45) is 11.8 Å². The van der Waals surface area contributed by atoms with Gasteiger partial charge in [-0.1, -0.05) is 25.3 Å². The number of fused-ring (bicyclic) bond motifs is 1. The first-order valence-corrected chi connectivity index (χ1v) is 13.0. The zero-order valence-corrected chi connectivity index (χ0v) is 19.4. The Bertz CT molecular complexity index is 969. The van der Waals surface area contributed by atoms with Gasteiger partial charge in [-0.3, -0.25) is 14.5 Å². The van der Waals surface area contributed by atoms with E-state index < -0.39 is 17.1 Å². The molecule has 5 aliphatic rings. The molecule has 4 aliphatic carbocycles. The quantitative estimate of drug-likeness (QED) is 0.654. The number of nitrogens with zero attached hydrogens (tertiary/aromatic N) is 1. The molecule has 1 aliphatic heterocycles. The summed E-state index contributed by atoms with van der Waals surface area (Å²) in [6.07, 6.45) is 9.55. The van der Waals surface area contributed by atoms with E-state index in [9.17, 15) is 19.8 Å². The van der Waals surface area contributed by atoms with Crippen molar-refractivity contribution < 1.29 is 19.8 Å². The van der Waals surface area contributed by atoms with Crippen molar-refractivity contribution in [3.8, 4) is 5.75 Å². The van der Waals surface area contributed by atoms with Crippen molar-refractivity contribution >= 4 is 11.7 Å². The Balaban J connectivity index is 1.34. The van der Waals surface area contributed by atoms with Crippen LogP contribution in [0, 0.1) is 11.8 Å². The molecule has 4 atom stereocenters. The number of likely N-dealkylation sites (tertiary alicyclic amines) is 1. The lowest BCUT2D eigenvalue weighted by atomic mass is 9.48. The van der Waals surface area contributed by atoms with E-state index in [1.54, 1.807) is 12.1 Å². The maximum atomic E-state index is 13.5. The van der Waals surface area contributed by atoms with E-state index in [0.29, 0.717) is 12.3 Å². The van der Waals surface area contributed by atoms with Crippen LogP contribution in [0.1, 0.15) is 75.3 Å². The molecule has 33 heavy (non-hydrogen) atoms. The number of nitrogens with one attached hydrogen (secondary N) is 1.